The van der Waals surface area contributed by atoms with Gasteiger partial charge >= 0.3 is 0 Å². The first kappa shape index (κ1) is 26.1. The Morgan fingerprint density at radius 3 is 2.72 bits per heavy atom. The molecule has 9 atom stereocenters. The number of hydrogen-bond donors (Lipinski definition) is 1. The normalized spacial score (nSPS) is 44.9. The number of carbonyl (C=O) groups is 2. The van der Waals surface area contributed by atoms with Crippen molar-refractivity contribution in [1.29, 1.82) is 0 Å². The van der Waals surface area contributed by atoms with E-state index in [0.29, 0.717) is 17.5 Å². The fourth-order valence-electron chi connectivity index (χ4n) is 9.63. The quantitative estimate of drug-likeness (QED) is 0.416. The Morgan fingerprint density at radius 2 is 1.95 bits per heavy atom. The number of ether oxygens (including phenoxy) is 2. The Balaban J connectivity index is 1.24. The zero-order valence-electron chi connectivity index (χ0n) is 22.8. The predicted octanol–water partition coefficient (Wildman–Crippen LogP) is 4.70. The number of hydrogen-bond acceptors (Lipinski definition) is 8. The minimum atomic E-state index is -1.09. The molecule has 1 N–H and O–H groups in total. The van der Waals surface area contributed by atoms with Gasteiger partial charge in [-0.05, 0) is 68.6 Å². The molecule has 0 spiro atoms. The second-order valence-electron chi connectivity index (χ2n) is 13.1. The van der Waals surface area contributed by atoms with E-state index < -0.39 is 17.1 Å². The summed E-state index contributed by atoms with van der Waals surface area (Å²) >= 11 is 1.35. The molecule has 5 aliphatic carbocycles. The zero-order valence-corrected chi connectivity index (χ0v) is 23.6. The van der Waals surface area contributed by atoms with E-state index >= 15 is 0 Å². The van der Waals surface area contributed by atoms with Gasteiger partial charge < -0.3 is 14.6 Å². The van der Waals surface area contributed by atoms with Crippen LogP contribution in [0.5, 0.6) is 0 Å². The zero-order chi connectivity index (χ0) is 27.0. The molecule has 2 heterocycles. The van der Waals surface area contributed by atoms with Crippen LogP contribution in [0.15, 0.2) is 47.4 Å². The maximum absolute atomic E-state index is 14.4. The van der Waals surface area contributed by atoms with Crippen LogP contribution in [0.1, 0.15) is 65.2 Å². The Bertz CT molecular complexity index is 1230. The lowest BCUT2D eigenvalue weighted by atomic mass is 9.46. The molecule has 0 radical (unpaired) electrons. The number of Topliss-reactive ketones (excluding diaryl/α,β-unsaturated/α-hetero) is 1. The van der Waals surface area contributed by atoms with Gasteiger partial charge in [0, 0.05) is 35.1 Å². The van der Waals surface area contributed by atoms with Gasteiger partial charge in [0.05, 0.1) is 18.0 Å². The van der Waals surface area contributed by atoms with Crippen LogP contribution in [0, 0.1) is 34.5 Å². The number of allylic oxidation sites excluding steroid dienone is 4. The van der Waals surface area contributed by atoms with Crippen molar-refractivity contribution in [3.05, 3.63) is 42.3 Å². The lowest BCUT2D eigenvalue weighted by molar-refractivity contribution is -0.205. The molecule has 7 unspecified atom stereocenters. The summed E-state index contributed by atoms with van der Waals surface area (Å²) in [5, 5.41) is 12.5. The van der Waals surface area contributed by atoms with Gasteiger partial charge in [0.25, 0.3) is 0 Å². The molecule has 39 heavy (non-hydrogen) atoms. The largest absolute Gasteiger partial charge is 0.393 e. The minimum Gasteiger partial charge on any atom is -0.393 e. The molecule has 7 nitrogen and oxygen atoms in total. The van der Waals surface area contributed by atoms with Crippen molar-refractivity contribution in [1.82, 2.24) is 9.97 Å². The first-order valence-electron chi connectivity index (χ1n) is 14.6. The molecule has 0 bridgehead atoms. The standard InChI is InChI=1S/C31H38N2O5S/c1-29-11-10-20(34)14-19(29)8-9-21-22-15-25-31(30(22,2)16-23(35)26(21)29,38-27(37-25)18-6-3-4-7-18)24(36)17-39-28-32-12-5-13-33-28/h5,10-14,18,21-23,25-27,35H,3-4,6-9,15-17H2,1-2H3/t21?,22?,23?,25-,26?,27?,29?,30?,31-/m1/s1. The van der Waals surface area contributed by atoms with E-state index in [1.165, 1.54) is 24.6 Å². The first-order valence-corrected chi connectivity index (χ1v) is 15.6. The molecular weight excluding hydrogens is 512 g/mol. The Labute approximate surface area is 234 Å². The van der Waals surface area contributed by atoms with Crippen molar-refractivity contribution < 1.29 is 24.2 Å². The molecule has 5 fully saturated rings. The van der Waals surface area contributed by atoms with Crippen LogP contribution in [0.25, 0.3) is 0 Å². The molecule has 6 aliphatic rings. The number of rotatable bonds is 5. The number of nitrogens with zero attached hydrogens (tertiary/aromatic N) is 2. The van der Waals surface area contributed by atoms with E-state index in [1.807, 2.05) is 6.08 Å². The second kappa shape index (κ2) is 9.33. The summed E-state index contributed by atoms with van der Waals surface area (Å²) in [4.78, 5) is 35.2. The van der Waals surface area contributed by atoms with Crippen LogP contribution >= 0.6 is 11.8 Å². The third kappa shape index (κ3) is 3.74. The Morgan fingerprint density at radius 1 is 1.18 bits per heavy atom. The van der Waals surface area contributed by atoms with Crippen LogP contribution in [0.4, 0.5) is 0 Å². The molecule has 8 heteroatoms. The van der Waals surface area contributed by atoms with Gasteiger partial charge in [-0.2, -0.15) is 0 Å². The van der Waals surface area contributed by atoms with Gasteiger partial charge in [0.2, 0.25) is 0 Å². The van der Waals surface area contributed by atoms with E-state index in [1.54, 1.807) is 30.6 Å². The smallest absolute Gasteiger partial charge is 0.187 e. The number of thioether (sulfide) groups is 1. The number of aliphatic hydroxyl groups is 1. The molecule has 1 aromatic heterocycles. The van der Waals surface area contributed by atoms with Gasteiger partial charge in [0.15, 0.2) is 28.6 Å². The SMILES string of the molecule is CC12C=CC(=O)C=C1CCC1C2C(O)CC2(C)C1C[C@H]1OC(C3CCCC3)O[C@]12C(=O)CSc1ncccn1. The molecule has 4 saturated carbocycles. The minimum absolute atomic E-state index is 0.00336. The molecule has 7 rings (SSSR count). The van der Waals surface area contributed by atoms with Crippen molar-refractivity contribution in [3.8, 4) is 0 Å². The van der Waals surface area contributed by atoms with Crippen LogP contribution in [-0.2, 0) is 19.1 Å². The van der Waals surface area contributed by atoms with Gasteiger partial charge in [-0.25, -0.2) is 9.97 Å². The Hall–Kier alpha value is -1.87. The summed E-state index contributed by atoms with van der Waals surface area (Å²) in [5.74, 6) is 1.01. The summed E-state index contributed by atoms with van der Waals surface area (Å²) < 4.78 is 13.7. The van der Waals surface area contributed by atoms with Crippen molar-refractivity contribution in [2.24, 2.45) is 34.5 Å². The molecule has 1 saturated heterocycles. The van der Waals surface area contributed by atoms with E-state index in [0.717, 1.165) is 37.7 Å². The van der Waals surface area contributed by atoms with E-state index in [9.17, 15) is 14.7 Å². The maximum atomic E-state index is 14.4. The van der Waals surface area contributed by atoms with Gasteiger partial charge in [-0.15, -0.1) is 0 Å². The molecule has 1 aliphatic heterocycles. The van der Waals surface area contributed by atoms with Crippen molar-refractivity contribution in [3.63, 3.8) is 0 Å². The third-order valence-electron chi connectivity index (χ3n) is 11.3. The highest BCUT2D eigenvalue weighted by Gasteiger charge is 2.76. The average molecular weight is 551 g/mol. The summed E-state index contributed by atoms with van der Waals surface area (Å²) in [6.07, 6.45) is 15.1. The molecule has 1 aromatic rings. The van der Waals surface area contributed by atoms with E-state index in [2.05, 4.69) is 23.8 Å². The van der Waals surface area contributed by atoms with Crippen LogP contribution in [0.2, 0.25) is 0 Å². The number of aromatic nitrogens is 2. The summed E-state index contributed by atoms with van der Waals surface area (Å²) in [6, 6.07) is 1.77. The second-order valence-corrected chi connectivity index (χ2v) is 14.0. The van der Waals surface area contributed by atoms with Crippen LogP contribution in [-0.4, -0.2) is 56.5 Å². The lowest BCUT2D eigenvalue weighted by Gasteiger charge is -2.59. The summed E-state index contributed by atoms with van der Waals surface area (Å²) in [6.45, 7) is 4.37. The van der Waals surface area contributed by atoms with E-state index in [-0.39, 0.29) is 52.9 Å². The van der Waals surface area contributed by atoms with Crippen molar-refractivity contribution in [2.45, 2.75) is 94.5 Å². The van der Waals surface area contributed by atoms with Gasteiger partial charge in [0.1, 0.15) is 0 Å². The van der Waals surface area contributed by atoms with Crippen molar-refractivity contribution in [2.75, 3.05) is 5.75 Å². The van der Waals surface area contributed by atoms with Crippen LogP contribution in [0.3, 0.4) is 0 Å². The highest BCUT2D eigenvalue weighted by atomic mass is 32.2. The first-order chi connectivity index (χ1) is 18.8. The molecule has 0 amide bonds. The topological polar surface area (TPSA) is 98.6 Å². The number of aliphatic hydroxyl groups excluding tert-OH is 1. The predicted molar refractivity (Wildman–Crippen MR) is 146 cm³/mol. The summed E-state index contributed by atoms with van der Waals surface area (Å²) in [7, 11) is 0. The van der Waals surface area contributed by atoms with Crippen LogP contribution < -0.4 is 0 Å². The summed E-state index contributed by atoms with van der Waals surface area (Å²) in [5.41, 5.74) is -0.849. The van der Waals surface area contributed by atoms with Gasteiger partial charge in [-0.3, -0.25) is 9.59 Å². The highest BCUT2D eigenvalue weighted by Crippen LogP contribution is 2.70. The molecule has 0 aromatic carbocycles. The van der Waals surface area contributed by atoms with E-state index in [4.69, 9.17) is 9.47 Å². The average Bonchev–Trinajstić information content (AvgIpc) is 3.63. The molecule has 208 valence electrons. The van der Waals surface area contributed by atoms with Crippen molar-refractivity contribution >= 4 is 23.3 Å². The lowest BCUT2D eigenvalue weighted by Crippen LogP contribution is -2.63. The number of fused-ring (bicyclic) bond motifs is 7. The number of carbonyl (C=O) groups excluding carboxylic acids is 2. The molecular formula is C31H38N2O5S. The monoisotopic (exact) mass is 550 g/mol. The fraction of sp³-hybridized carbons (Fsp3) is 0.677. The highest BCUT2D eigenvalue weighted by molar-refractivity contribution is 7.99. The maximum Gasteiger partial charge on any atom is 0.187 e. The third-order valence-corrected chi connectivity index (χ3v) is 12.2. The fourth-order valence-corrected chi connectivity index (χ4v) is 10.4. The number of ketones is 2. The van der Waals surface area contributed by atoms with Gasteiger partial charge in [-0.1, -0.05) is 50.1 Å². The Kier molecular flexibility index (Phi) is 6.23.